The van der Waals surface area contributed by atoms with Crippen LogP contribution in [0, 0.1) is 0 Å². The van der Waals surface area contributed by atoms with Gasteiger partial charge in [0.25, 0.3) is 11.8 Å². The van der Waals surface area contributed by atoms with E-state index in [4.69, 9.17) is 15.2 Å². The van der Waals surface area contributed by atoms with Crippen LogP contribution in [0.25, 0.3) is 6.08 Å². The molecule has 3 aromatic rings. The van der Waals surface area contributed by atoms with Crippen LogP contribution in [0.15, 0.2) is 113 Å². The molecule has 0 saturated heterocycles. The summed E-state index contributed by atoms with van der Waals surface area (Å²) in [5.41, 5.74) is 10.4. The highest BCUT2D eigenvalue weighted by Crippen LogP contribution is 2.37. The number of carbonyl (C=O) groups excluding carboxylic acids is 2. The van der Waals surface area contributed by atoms with E-state index in [2.05, 4.69) is 34.4 Å². The number of methoxy groups -OCH3 is 2. The molecule has 0 fully saturated rings. The molecule has 0 spiro atoms. The van der Waals surface area contributed by atoms with Gasteiger partial charge in [-0.1, -0.05) is 66.8 Å². The van der Waals surface area contributed by atoms with Gasteiger partial charge in [0, 0.05) is 16.8 Å². The summed E-state index contributed by atoms with van der Waals surface area (Å²) in [7, 11) is 2.76. The van der Waals surface area contributed by atoms with E-state index in [-0.39, 0.29) is 34.7 Å². The highest BCUT2D eigenvalue weighted by Gasteiger charge is 2.16. The number of ether oxygens (including phenoxy) is 2. The van der Waals surface area contributed by atoms with Gasteiger partial charge in [-0.25, -0.2) is 4.99 Å². The normalized spacial score (nSPS) is 11.5. The van der Waals surface area contributed by atoms with Crippen molar-refractivity contribution >= 4 is 23.8 Å². The van der Waals surface area contributed by atoms with Crippen LogP contribution in [0.3, 0.4) is 0 Å². The molecule has 222 valence electrons. The molecule has 0 aliphatic rings. The number of nitrogens with two attached hydrogens (primary N) is 1. The number of aromatic hydroxyl groups is 1. The minimum atomic E-state index is -0.629. The van der Waals surface area contributed by atoms with Crippen molar-refractivity contribution in [1.82, 2.24) is 10.6 Å². The first kappa shape index (κ1) is 32.0. The van der Waals surface area contributed by atoms with Gasteiger partial charge in [0.15, 0.2) is 11.5 Å². The van der Waals surface area contributed by atoms with E-state index in [1.807, 2.05) is 56.3 Å². The maximum absolute atomic E-state index is 13.0. The predicted molar refractivity (Wildman–Crippen MR) is 170 cm³/mol. The number of guanidine groups is 1. The largest absolute Gasteiger partial charge is 0.504 e. The molecule has 3 aromatic carbocycles. The molecule has 2 amide bonds. The predicted octanol–water partition coefficient (Wildman–Crippen LogP) is 5.50. The lowest BCUT2D eigenvalue weighted by Crippen LogP contribution is -2.36. The smallest absolute Gasteiger partial charge is 0.258 e. The van der Waals surface area contributed by atoms with Crippen LogP contribution in [-0.4, -0.2) is 37.1 Å². The summed E-state index contributed by atoms with van der Waals surface area (Å²) in [6.45, 7) is 7.44. The lowest BCUT2D eigenvalue weighted by molar-refractivity contribution is 0.0962. The zero-order valence-corrected chi connectivity index (χ0v) is 24.7. The first-order valence-electron chi connectivity index (χ1n) is 13.4. The fourth-order valence-electron chi connectivity index (χ4n) is 3.90. The molecular formula is C34H36N4O5. The lowest BCUT2D eigenvalue weighted by atomic mass is 10.1. The average molecular weight is 581 g/mol. The Labute approximate surface area is 251 Å². The van der Waals surface area contributed by atoms with E-state index < -0.39 is 5.91 Å². The third-order valence-corrected chi connectivity index (χ3v) is 6.18. The summed E-state index contributed by atoms with van der Waals surface area (Å²) < 4.78 is 10.3. The Morgan fingerprint density at radius 1 is 0.953 bits per heavy atom. The third-order valence-electron chi connectivity index (χ3n) is 6.18. The number of benzene rings is 3. The summed E-state index contributed by atoms with van der Waals surface area (Å²) in [6.07, 6.45) is 7.93. The number of hydrogen-bond acceptors (Lipinski definition) is 6. The number of amides is 2. The van der Waals surface area contributed by atoms with E-state index in [0.717, 1.165) is 23.1 Å². The fourth-order valence-corrected chi connectivity index (χ4v) is 3.90. The van der Waals surface area contributed by atoms with E-state index >= 15 is 0 Å². The Bertz CT molecular complexity index is 1580. The number of rotatable bonds is 11. The maximum Gasteiger partial charge on any atom is 0.258 e. The van der Waals surface area contributed by atoms with Gasteiger partial charge in [0.2, 0.25) is 11.7 Å². The Hall–Kier alpha value is -5.57. The molecule has 43 heavy (non-hydrogen) atoms. The van der Waals surface area contributed by atoms with Crippen LogP contribution in [0.2, 0.25) is 0 Å². The summed E-state index contributed by atoms with van der Waals surface area (Å²) in [5.74, 6) is -1.14. The van der Waals surface area contributed by atoms with Crippen molar-refractivity contribution in [2.75, 3.05) is 14.2 Å². The molecule has 0 aliphatic carbocycles. The quantitative estimate of drug-likeness (QED) is 0.134. The minimum Gasteiger partial charge on any atom is -0.504 e. The van der Waals surface area contributed by atoms with Gasteiger partial charge in [0.05, 0.1) is 19.9 Å². The maximum atomic E-state index is 13.0. The van der Waals surface area contributed by atoms with E-state index in [0.29, 0.717) is 17.0 Å². The second-order valence-electron chi connectivity index (χ2n) is 9.54. The summed E-state index contributed by atoms with van der Waals surface area (Å²) in [4.78, 5) is 30.0. The number of phenols is 1. The number of allylic oxidation sites excluding steroid dienone is 4. The molecule has 0 unspecified atom stereocenters. The van der Waals surface area contributed by atoms with Crippen molar-refractivity contribution in [3.63, 3.8) is 0 Å². The molecule has 5 N–H and O–H groups in total. The Morgan fingerprint density at radius 3 is 2.23 bits per heavy atom. The molecule has 0 aliphatic heterocycles. The summed E-state index contributed by atoms with van der Waals surface area (Å²) >= 11 is 0. The molecule has 9 nitrogen and oxygen atoms in total. The molecule has 0 heterocycles. The molecular weight excluding hydrogens is 544 g/mol. The van der Waals surface area contributed by atoms with Crippen LogP contribution >= 0.6 is 0 Å². The zero-order valence-electron chi connectivity index (χ0n) is 24.7. The first-order valence-corrected chi connectivity index (χ1v) is 13.4. The molecule has 9 heteroatoms. The van der Waals surface area contributed by atoms with Crippen LogP contribution in [0.5, 0.6) is 17.2 Å². The number of phenolic OH excluding ortho intramolecular Hbond substituents is 1. The first-order chi connectivity index (χ1) is 20.6. The fraction of sp³-hybridized carbons (Fsp3) is 0.147. The third kappa shape index (κ3) is 9.22. The number of nitrogens with zero attached hydrogens (tertiary/aromatic N) is 1. The van der Waals surface area contributed by atoms with Gasteiger partial charge in [-0.05, 0) is 67.8 Å². The van der Waals surface area contributed by atoms with Crippen LogP contribution in [0.1, 0.15) is 45.7 Å². The van der Waals surface area contributed by atoms with Crippen molar-refractivity contribution in [3.8, 4) is 17.2 Å². The van der Waals surface area contributed by atoms with E-state index in [1.54, 1.807) is 18.2 Å². The van der Waals surface area contributed by atoms with Crippen molar-refractivity contribution in [1.29, 1.82) is 0 Å². The van der Waals surface area contributed by atoms with Crippen molar-refractivity contribution in [2.45, 2.75) is 20.3 Å². The topological polar surface area (TPSA) is 135 Å². The summed E-state index contributed by atoms with van der Waals surface area (Å²) in [6, 6.07) is 20.1. The van der Waals surface area contributed by atoms with Gasteiger partial charge in [0.1, 0.15) is 0 Å². The van der Waals surface area contributed by atoms with Gasteiger partial charge in [-0.3, -0.25) is 14.9 Å². The molecule has 0 aromatic heterocycles. The van der Waals surface area contributed by atoms with Crippen molar-refractivity contribution < 1.29 is 24.2 Å². The Morgan fingerprint density at radius 2 is 1.63 bits per heavy atom. The monoisotopic (exact) mass is 580 g/mol. The standard InChI is InChI=1S/C34H36N4O5/c1-6-27(36-34(35)38-33(41)26-19-29(39)31(43-5)30(20-26)42-4)21-28(22(2)3)37-32(40)25-17-15-24(16-18-25)14-10-13-23-11-8-7-9-12-23/h6-13,15-21,39H,1,14H2,2-5H3,(H,37,40)(H3,35,36,38,41)/b13-10+,27-21+. The van der Waals surface area contributed by atoms with Crippen LogP contribution in [0.4, 0.5) is 0 Å². The second kappa shape index (κ2) is 15.4. The van der Waals surface area contributed by atoms with Gasteiger partial charge in [-0.15, -0.1) is 0 Å². The number of nitrogens with one attached hydrogen (secondary N) is 2. The molecule has 0 atom stereocenters. The SMILES string of the molecule is C=C/C(=C\C(NC(=O)c1ccc(C/C=C/c2ccccc2)cc1)=C(C)C)N=C(N)NC(=O)c1cc(O)c(OC)c(OC)c1. The van der Waals surface area contributed by atoms with Gasteiger partial charge >= 0.3 is 0 Å². The van der Waals surface area contributed by atoms with Crippen LogP contribution in [-0.2, 0) is 6.42 Å². The number of carbonyl (C=O) groups is 2. The molecule has 0 saturated carbocycles. The summed E-state index contributed by atoms with van der Waals surface area (Å²) in [5, 5.41) is 15.5. The van der Waals surface area contributed by atoms with E-state index in [1.165, 1.54) is 32.4 Å². The minimum absolute atomic E-state index is 0.0768. The Kier molecular flexibility index (Phi) is 11.5. The number of hydrogen-bond donors (Lipinski definition) is 4. The van der Waals surface area contributed by atoms with E-state index in [9.17, 15) is 14.7 Å². The average Bonchev–Trinajstić information content (AvgIpc) is 3.00. The second-order valence-corrected chi connectivity index (χ2v) is 9.54. The van der Waals surface area contributed by atoms with Gasteiger partial charge in [-0.2, -0.15) is 0 Å². The molecule has 0 radical (unpaired) electrons. The van der Waals surface area contributed by atoms with Crippen LogP contribution < -0.4 is 25.8 Å². The molecule has 0 bridgehead atoms. The van der Waals surface area contributed by atoms with Crippen molar-refractivity contribution in [3.05, 3.63) is 131 Å². The van der Waals surface area contributed by atoms with Crippen molar-refractivity contribution in [2.24, 2.45) is 10.7 Å². The Balaban J connectivity index is 1.68. The molecule has 3 rings (SSSR count). The lowest BCUT2D eigenvalue weighted by Gasteiger charge is -2.12. The number of aliphatic imine (C=N–C) groups is 1. The van der Waals surface area contributed by atoms with Gasteiger partial charge < -0.3 is 25.6 Å². The highest BCUT2D eigenvalue weighted by atomic mass is 16.5. The highest BCUT2D eigenvalue weighted by molar-refractivity contribution is 6.06. The zero-order chi connectivity index (χ0) is 31.4.